The zero-order chi connectivity index (χ0) is 13.8. The van der Waals surface area contributed by atoms with E-state index in [0.29, 0.717) is 19.6 Å². The molecule has 1 saturated heterocycles. The predicted octanol–water partition coefficient (Wildman–Crippen LogP) is 3.51. The molecule has 1 aliphatic rings. The summed E-state index contributed by atoms with van der Waals surface area (Å²) in [6.07, 6.45) is 2.27. The molecule has 19 heavy (non-hydrogen) atoms. The highest BCUT2D eigenvalue weighted by Crippen LogP contribution is 2.24. The summed E-state index contributed by atoms with van der Waals surface area (Å²) in [6, 6.07) is 2.84. The predicted molar refractivity (Wildman–Crippen MR) is 74.9 cm³/mol. The van der Waals surface area contributed by atoms with Gasteiger partial charge in [-0.3, -0.25) is 0 Å². The summed E-state index contributed by atoms with van der Waals surface area (Å²) in [5.74, 6) is -1.11. The third-order valence-electron chi connectivity index (χ3n) is 3.04. The Morgan fingerprint density at radius 3 is 3.00 bits per heavy atom. The fraction of sp³-hybridized carbons (Fsp3) is 0.429. The number of nitrogens with one attached hydrogen (secondary N) is 1. The highest BCUT2D eigenvalue weighted by Gasteiger charge is 2.15. The maximum absolute atomic E-state index is 13.8. The maximum atomic E-state index is 13.8. The Morgan fingerprint density at radius 1 is 1.53 bits per heavy atom. The minimum absolute atomic E-state index is 0.00334. The van der Waals surface area contributed by atoms with Crippen LogP contribution in [0, 0.1) is 11.6 Å². The van der Waals surface area contributed by atoms with Crippen molar-refractivity contribution in [2.45, 2.75) is 19.4 Å². The Hall–Kier alpha value is -0.780. The number of benzene rings is 1. The van der Waals surface area contributed by atoms with Crippen molar-refractivity contribution in [3.05, 3.63) is 39.4 Å². The largest absolute Gasteiger partial charge is 0.379 e. The van der Waals surface area contributed by atoms with Crippen LogP contribution in [0.1, 0.15) is 18.9 Å². The average molecular weight is 332 g/mol. The second-order valence-electron chi connectivity index (χ2n) is 4.68. The van der Waals surface area contributed by atoms with Gasteiger partial charge in [0.05, 0.1) is 17.7 Å². The van der Waals surface area contributed by atoms with Crippen LogP contribution >= 0.6 is 15.9 Å². The monoisotopic (exact) mass is 331 g/mol. The van der Waals surface area contributed by atoms with Crippen LogP contribution in [-0.2, 0) is 4.74 Å². The Labute approximate surface area is 120 Å². The zero-order valence-corrected chi connectivity index (χ0v) is 12.3. The van der Waals surface area contributed by atoms with E-state index >= 15 is 0 Å². The molecule has 0 aromatic heterocycles. The van der Waals surface area contributed by atoms with Gasteiger partial charge in [0, 0.05) is 18.2 Å². The van der Waals surface area contributed by atoms with Crippen LogP contribution in [0.2, 0.25) is 0 Å². The average Bonchev–Trinajstić information content (AvgIpc) is 2.40. The van der Waals surface area contributed by atoms with Crippen molar-refractivity contribution in [3.63, 3.8) is 0 Å². The van der Waals surface area contributed by atoms with Crippen molar-refractivity contribution in [3.8, 4) is 0 Å². The molecule has 0 aliphatic carbocycles. The summed E-state index contributed by atoms with van der Waals surface area (Å²) in [4.78, 5) is 0. The van der Waals surface area contributed by atoms with Crippen molar-refractivity contribution in [2.75, 3.05) is 19.8 Å². The molecule has 1 aromatic rings. The summed E-state index contributed by atoms with van der Waals surface area (Å²) < 4.78 is 33.1. The van der Waals surface area contributed by atoms with E-state index in [1.165, 1.54) is 12.1 Å². The van der Waals surface area contributed by atoms with Crippen LogP contribution in [0.25, 0.3) is 6.08 Å². The summed E-state index contributed by atoms with van der Waals surface area (Å²) in [7, 11) is 0. The van der Waals surface area contributed by atoms with Gasteiger partial charge in [-0.25, -0.2) is 8.78 Å². The molecule has 0 radical (unpaired) electrons. The number of morpholine rings is 1. The fourth-order valence-electron chi connectivity index (χ4n) is 2.12. The lowest BCUT2D eigenvalue weighted by Crippen LogP contribution is -2.41. The van der Waals surface area contributed by atoms with Crippen LogP contribution in [0.15, 0.2) is 22.2 Å². The van der Waals surface area contributed by atoms with E-state index in [4.69, 9.17) is 4.74 Å². The van der Waals surface area contributed by atoms with E-state index in [1.54, 1.807) is 6.08 Å². The summed E-state index contributed by atoms with van der Waals surface area (Å²) in [5, 5.41) is 3.31. The Bertz CT molecular complexity index is 485. The second-order valence-corrected chi connectivity index (χ2v) is 5.53. The number of rotatable bonds is 3. The lowest BCUT2D eigenvalue weighted by Gasteiger charge is -2.24. The minimum atomic E-state index is -0.563. The van der Waals surface area contributed by atoms with E-state index in [2.05, 4.69) is 21.2 Å². The molecule has 104 valence electrons. The molecule has 5 heteroatoms. The fourth-order valence-corrected chi connectivity index (χ4v) is 2.47. The molecule has 0 saturated carbocycles. The molecule has 1 unspecified atom stereocenters. The van der Waals surface area contributed by atoms with E-state index in [0.717, 1.165) is 12.1 Å². The van der Waals surface area contributed by atoms with Gasteiger partial charge < -0.3 is 10.1 Å². The van der Waals surface area contributed by atoms with Gasteiger partial charge in [-0.2, -0.15) is 0 Å². The number of hydrogen-bond donors (Lipinski definition) is 1. The Balaban J connectivity index is 2.13. The van der Waals surface area contributed by atoms with Crippen molar-refractivity contribution < 1.29 is 13.5 Å². The lowest BCUT2D eigenvalue weighted by atomic mass is 10.0. The first-order chi connectivity index (χ1) is 9.08. The molecule has 0 spiro atoms. The Kier molecular flexibility index (Phi) is 5.07. The van der Waals surface area contributed by atoms with Gasteiger partial charge in [0.2, 0.25) is 0 Å². The molecule has 0 amide bonds. The smallest absolute Gasteiger partial charge is 0.147 e. The third kappa shape index (κ3) is 3.84. The first-order valence-electron chi connectivity index (χ1n) is 6.19. The third-order valence-corrected chi connectivity index (χ3v) is 3.65. The molecule has 1 N–H and O–H groups in total. The molecule has 2 rings (SSSR count). The topological polar surface area (TPSA) is 21.3 Å². The van der Waals surface area contributed by atoms with Gasteiger partial charge in [-0.1, -0.05) is 11.6 Å². The Morgan fingerprint density at radius 2 is 2.32 bits per heavy atom. The van der Waals surface area contributed by atoms with Crippen LogP contribution in [0.5, 0.6) is 0 Å². The number of ether oxygens (including phenoxy) is 1. The molecule has 1 aliphatic heterocycles. The van der Waals surface area contributed by atoms with Crippen molar-refractivity contribution >= 4 is 22.0 Å². The van der Waals surface area contributed by atoms with E-state index in [-0.39, 0.29) is 16.1 Å². The summed E-state index contributed by atoms with van der Waals surface area (Å²) >= 11 is 3.07. The minimum Gasteiger partial charge on any atom is -0.379 e. The zero-order valence-electron chi connectivity index (χ0n) is 10.7. The highest BCUT2D eigenvalue weighted by molar-refractivity contribution is 9.10. The van der Waals surface area contributed by atoms with Gasteiger partial charge >= 0.3 is 0 Å². The standard InChI is InChI=1S/C14H16BrF2NO/c1-9(6-10-8-19-5-4-18-10)7-11-13(16)3-2-12(15)14(11)17/h2-3,7,10,18H,4-6,8H2,1H3/b9-7-. The summed E-state index contributed by atoms with van der Waals surface area (Å²) in [5.41, 5.74) is 0.919. The first-order valence-corrected chi connectivity index (χ1v) is 6.99. The molecule has 1 atom stereocenters. The SMILES string of the molecule is C/C(=C/c1c(F)ccc(Br)c1F)CC1COCCN1. The van der Waals surface area contributed by atoms with Crippen molar-refractivity contribution in [1.82, 2.24) is 5.32 Å². The lowest BCUT2D eigenvalue weighted by molar-refractivity contribution is 0.0771. The molecule has 1 heterocycles. The van der Waals surface area contributed by atoms with E-state index in [9.17, 15) is 8.78 Å². The van der Waals surface area contributed by atoms with Gasteiger partial charge in [0.1, 0.15) is 11.6 Å². The summed E-state index contributed by atoms with van der Waals surface area (Å²) in [6.45, 7) is 4.04. The van der Waals surface area contributed by atoms with Crippen LogP contribution in [0.3, 0.4) is 0 Å². The molecule has 2 nitrogen and oxygen atoms in total. The van der Waals surface area contributed by atoms with E-state index < -0.39 is 11.6 Å². The molecular weight excluding hydrogens is 316 g/mol. The van der Waals surface area contributed by atoms with Crippen LogP contribution in [0.4, 0.5) is 8.78 Å². The number of hydrogen-bond acceptors (Lipinski definition) is 2. The van der Waals surface area contributed by atoms with Gasteiger partial charge in [-0.05, 0) is 41.4 Å². The van der Waals surface area contributed by atoms with Crippen molar-refractivity contribution in [2.24, 2.45) is 0 Å². The van der Waals surface area contributed by atoms with Gasteiger partial charge in [0.25, 0.3) is 0 Å². The highest BCUT2D eigenvalue weighted by atomic mass is 79.9. The first kappa shape index (κ1) is 14.6. The molecule has 1 fully saturated rings. The molecule has 1 aromatic carbocycles. The van der Waals surface area contributed by atoms with E-state index in [1.807, 2.05) is 6.92 Å². The maximum Gasteiger partial charge on any atom is 0.147 e. The normalized spacial score (nSPS) is 20.6. The molecular formula is C14H16BrF2NO. The van der Waals surface area contributed by atoms with Crippen LogP contribution in [-0.4, -0.2) is 25.8 Å². The quantitative estimate of drug-likeness (QED) is 0.856. The van der Waals surface area contributed by atoms with Gasteiger partial charge in [-0.15, -0.1) is 0 Å². The van der Waals surface area contributed by atoms with Gasteiger partial charge in [0.15, 0.2) is 0 Å². The van der Waals surface area contributed by atoms with Crippen LogP contribution < -0.4 is 5.32 Å². The molecule has 0 bridgehead atoms. The number of halogens is 3. The van der Waals surface area contributed by atoms with Crippen molar-refractivity contribution in [1.29, 1.82) is 0 Å². The second kappa shape index (κ2) is 6.59.